The van der Waals surface area contributed by atoms with Crippen molar-refractivity contribution in [3.05, 3.63) is 28.8 Å². The molecule has 1 rings (SSSR count). The van der Waals surface area contributed by atoms with Crippen molar-refractivity contribution in [3.63, 3.8) is 0 Å². The summed E-state index contributed by atoms with van der Waals surface area (Å²) in [5.41, 5.74) is 7.45. The lowest BCUT2D eigenvalue weighted by molar-refractivity contribution is 0.567. The van der Waals surface area contributed by atoms with E-state index in [2.05, 4.69) is 19.2 Å². The SMILES string of the molecule is CC(C)CCCNc1cc(Cl)ccc1C(N)=S. The Morgan fingerprint density at radius 1 is 1.47 bits per heavy atom. The molecule has 0 unspecified atom stereocenters. The number of thiocarbonyl (C=S) groups is 1. The number of halogens is 1. The fourth-order valence-electron chi connectivity index (χ4n) is 1.61. The highest BCUT2D eigenvalue weighted by atomic mass is 35.5. The van der Waals surface area contributed by atoms with Gasteiger partial charge in [-0.1, -0.05) is 37.7 Å². The molecule has 0 amide bonds. The molecule has 0 heterocycles. The second kappa shape index (κ2) is 6.82. The van der Waals surface area contributed by atoms with Crippen LogP contribution >= 0.6 is 23.8 Å². The van der Waals surface area contributed by atoms with Crippen LogP contribution in [0.4, 0.5) is 5.69 Å². The summed E-state index contributed by atoms with van der Waals surface area (Å²) in [6, 6.07) is 5.52. The van der Waals surface area contributed by atoms with E-state index in [1.165, 1.54) is 6.42 Å². The van der Waals surface area contributed by atoms with E-state index >= 15 is 0 Å². The normalized spacial score (nSPS) is 10.6. The van der Waals surface area contributed by atoms with Crippen LogP contribution in [-0.4, -0.2) is 11.5 Å². The maximum absolute atomic E-state index is 5.96. The molecule has 0 aliphatic heterocycles. The van der Waals surface area contributed by atoms with E-state index in [9.17, 15) is 0 Å². The zero-order chi connectivity index (χ0) is 12.8. The van der Waals surface area contributed by atoms with Crippen molar-refractivity contribution in [2.24, 2.45) is 11.7 Å². The van der Waals surface area contributed by atoms with Gasteiger partial charge in [0, 0.05) is 22.8 Å². The first-order valence-electron chi connectivity index (χ1n) is 5.84. The van der Waals surface area contributed by atoms with E-state index in [1.54, 1.807) is 6.07 Å². The van der Waals surface area contributed by atoms with Crippen LogP contribution in [0.25, 0.3) is 0 Å². The van der Waals surface area contributed by atoms with Gasteiger partial charge in [0.2, 0.25) is 0 Å². The first-order valence-corrected chi connectivity index (χ1v) is 6.62. The van der Waals surface area contributed by atoms with E-state index in [1.807, 2.05) is 12.1 Å². The van der Waals surface area contributed by atoms with E-state index in [-0.39, 0.29) is 0 Å². The topological polar surface area (TPSA) is 38.0 Å². The molecule has 94 valence electrons. The lowest BCUT2D eigenvalue weighted by Gasteiger charge is -2.12. The highest BCUT2D eigenvalue weighted by Gasteiger charge is 2.05. The van der Waals surface area contributed by atoms with E-state index < -0.39 is 0 Å². The molecular formula is C13H19ClN2S. The number of anilines is 1. The van der Waals surface area contributed by atoms with Gasteiger partial charge in [-0.3, -0.25) is 0 Å². The lowest BCUT2D eigenvalue weighted by Crippen LogP contribution is -2.14. The molecule has 0 spiro atoms. The van der Waals surface area contributed by atoms with Crippen LogP contribution in [0.5, 0.6) is 0 Å². The molecule has 0 saturated carbocycles. The smallest absolute Gasteiger partial charge is 0.106 e. The Balaban J connectivity index is 2.62. The van der Waals surface area contributed by atoms with Gasteiger partial charge in [0.1, 0.15) is 4.99 Å². The molecule has 0 aliphatic rings. The number of benzene rings is 1. The minimum Gasteiger partial charge on any atom is -0.389 e. The molecule has 4 heteroatoms. The molecule has 2 nitrogen and oxygen atoms in total. The molecule has 3 N–H and O–H groups in total. The van der Waals surface area contributed by atoms with E-state index in [4.69, 9.17) is 29.6 Å². The van der Waals surface area contributed by atoms with Crippen molar-refractivity contribution in [3.8, 4) is 0 Å². The third-order valence-electron chi connectivity index (χ3n) is 2.52. The quantitative estimate of drug-likeness (QED) is 0.610. The average molecular weight is 271 g/mol. The number of hydrogen-bond acceptors (Lipinski definition) is 2. The maximum atomic E-state index is 5.96. The van der Waals surface area contributed by atoms with Crippen LogP contribution in [-0.2, 0) is 0 Å². The first-order chi connectivity index (χ1) is 8.00. The molecule has 0 saturated heterocycles. The number of hydrogen-bond donors (Lipinski definition) is 2. The average Bonchev–Trinajstić information content (AvgIpc) is 2.23. The van der Waals surface area contributed by atoms with Crippen LogP contribution in [0.1, 0.15) is 32.3 Å². The molecule has 0 fully saturated rings. The molecule has 0 atom stereocenters. The Bertz CT molecular complexity index is 391. The third kappa shape index (κ3) is 4.92. The summed E-state index contributed by atoms with van der Waals surface area (Å²) in [5, 5.41) is 4.03. The Morgan fingerprint density at radius 3 is 2.76 bits per heavy atom. The maximum Gasteiger partial charge on any atom is 0.106 e. The second-order valence-corrected chi connectivity index (χ2v) is 5.39. The van der Waals surface area contributed by atoms with Crippen molar-refractivity contribution >= 4 is 34.5 Å². The molecule has 0 bridgehead atoms. The standard InChI is InChI=1S/C13H19ClN2S/c1-9(2)4-3-7-16-12-8-10(14)5-6-11(12)13(15)17/h5-6,8-9,16H,3-4,7H2,1-2H3,(H2,15,17). The molecule has 17 heavy (non-hydrogen) atoms. The molecular weight excluding hydrogens is 252 g/mol. The molecule has 0 radical (unpaired) electrons. The van der Waals surface area contributed by atoms with Gasteiger partial charge >= 0.3 is 0 Å². The highest BCUT2D eigenvalue weighted by molar-refractivity contribution is 7.80. The van der Waals surface area contributed by atoms with Crippen LogP contribution in [0, 0.1) is 5.92 Å². The summed E-state index contributed by atoms with van der Waals surface area (Å²) in [5.74, 6) is 0.728. The van der Waals surface area contributed by atoms with Gasteiger partial charge in [-0.25, -0.2) is 0 Å². The van der Waals surface area contributed by atoms with Crippen molar-refractivity contribution in [2.45, 2.75) is 26.7 Å². The van der Waals surface area contributed by atoms with Gasteiger partial charge in [-0.2, -0.15) is 0 Å². The van der Waals surface area contributed by atoms with Gasteiger partial charge in [-0.15, -0.1) is 0 Å². The van der Waals surface area contributed by atoms with Gasteiger partial charge < -0.3 is 11.1 Å². The fourth-order valence-corrected chi connectivity index (χ4v) is 1.96. The zero-order valence-corrected chi connectivity index (χ0v) is 11.9. The number of rotatable bonds is 6. The van der Waals surface area contributed by atoms with Crippen LogP contribution in [0.3, 0.4) is 0 Å². The predicted molar refractivity (Wildman–Crippen MR) is 79.9 cm³/mol. The first kappa shape index (κ1) is 14.3. The molecule has 0 aliphatic carbocycles. The number of nitrogens with one attached hydrogen (secondary N) is 1. The van der Waals surface area contributed by atoms with Gasteiger partial charge in [0.05, 0.1) is 0 Å². The van der Waals surface area contributed by atoms with Crippen LogP contribution in [0.2, 0.25) is 5.02 Å². The number of nitrogens with two attached hydrogens (primary N) is 1. The van der Waals surface area contributed by atoms with Crippen molar-refractivity contribution < 1.29 is 0 Å². The van der Waals surface area contributed by atoms with Gasteiger partial charge in [0.15, 0.2) is 0 Å². The molecule has 1 aromatic carbocycles. The van der Waals surface area contributed by atoms with Gasteiger partial charge in [0.25, 0.3) is 0 Å². The van der Waals surface area contributed by atoms with Crippen LogP contribution < -0.4 is 11.1 Å². The lowest BCUT2D eigenvalue weighted by atomic mass is 10.1. The van der Waals surface area contributed by atoms with Crippen molar-refractivity contribution in [1.29, 1.82) is 0 Å². The monoisotopic (exact) mass is 270 g/mol. The summed E-state index contributed by atoms with van der Waals surface area (Å²) >= 11 is 11.0. The highest BCUT2D eigenvalue weighted by Crippen LogP contribution is 2.21. The minimum absolute atomic E-state index is 0.396. The molecule has 0 aromatic heterocycles. The Morgan fingerprint density at radius 2 is 2.18 bits per heavy atom. The summed E-state index contributed by atoms with van der Waals surface area (Å²) in [6.07, 6.45) is 2.33. The summed E-state index contributed by atoms with van der Waals surface area (Å²) in [4.78, 5) is 0.396. The van der Waals surface area contributed by atoms with Crippen molar-refractivity contribution in [1.82, 2.24) is 0 Å². The summed E-state index contributed by atoms with van der Waals surface area (Å²) in [7, 11) is 0. The van der Waals surface area contributed by atoms with Crippen molar-refractivity contribution in [2.75, 3.05) is 11.9 Å². The third-order valence-corrected chi connectivity index (χ3v) is 2.98. The molecule has 1 aromatic rings. The Kier molecular flexibility index (Phi) is 5.72. The van der Waals surface area contributed by atoms with Gasteiger partial charge in [-0.05, 0) is 37.0 Å². The Labute approximate surface area is 114 Å². The summed E-state index contributed by atoms with van der Waals surface area (Å²) in [6.45, 7) is 5.35. The predicted octanol–water partition coefficient (Wildman–Crippen LogP) is 3.82. The Hall–Kier alpha value is -0.800. The second-order valence-electron chi connectivity index (χ2n) is 4.52. The van der Waals surface area contributed by atoms with E-state index in [0.29, 0.717) is 10.0 Å². The summed E-state index contributed by atoms with van der Waals surface area (Å²) < 4.78 is 0. The fraction of sp³-hybridized carbons (Fsp3) is 0.462. The van der Waals surface area contributed by atoms with E-state index in [0.717, 1.165) is 30.1 Å². The largest absolute Gasteiger partial charge is 0.389 e. The minimum atomic E-state index is 0.396. The zero-order valence-electron chi connectivity index (χ0n) is 10.3. The van der Waals surface area contributed by atoms with Crippen LogP contribution in [0.15, 0.2) is 18.2 Å².